The minimum Gasteiger partial charge on any atom is -0.497 e. The van der Waals surface area contributed by atoms with Crippen molar-refractivity contribution < 1.29 is 8.62 Å². The van der Waals surface area contributed by atoms with Crippen molar-refractivity contribution in [3.63, 3.8) is 0 Å². The lowest BCUT2D eigenvalue weighted by atomic mass is 10.1. The van der Waals surface area contributed by atoms with Gasteiger partial charge in [-0.3, -0.25) is 0 Å². The summed E-state index contributed by atoms with van der Waals surface area (Å²) in [5, 5.41) is 0. The summed E-state index contributed by atoms with van der Waals surface area (Å²) in [6, 6.07) is 5.72. The molecule has 0 radical (unpaired) electrons. The Morgan fingerprint density at radius 2 is 2.33 bits per heavy atom. The van der Waals surface area contributed by atoms with Crippen LogP contribution in [0.15, 0.2) is 29.3 Å². The Hall–Kier alpha value is -1.49. The molecule has 0 spiro atoms. The lowest BCUT2D eigenvalue weighted by molar-refractivity contribution is 0.414. The highest BCUT2D eigenvalue weighted by atomic mass is 32.2. The van der Waals surface area contributed by atoms with Crippen molar-refractivity contribution in [3.8, 4) is 5.75 Å². The Balaban J connectivity index is 2.45. The van der Waals surface area contributed by atoms with E-state index in [1.807, 2.05) is 18.2 Å². The molecule has 1 heterocycles. The van der Waals surface area contributed by atoms with Gasteiger partial charge in [-0.2, -0.15) is 3.89 Å². The number of nitrogens with zero attached hydrogens (tertiary/aromatic N) is 2. The first kappa shape index (κ1) is 13.0. The van der Waals surface area contributed by atoms with E-state index in [1.165, 1.54) is 0 Å². The number of ether oxygens (including phenoxy) is 1. The number of hydrogen-bond donors (Lipinski definition) is 0. The summed E-state index contributed by atoms with van der Waals surface area (Å²) in [6.07, 6.45) is 4.62. The largest absolute Gasteiger partial charge is 0.497 e. The molecule has 0 fully saturated rings. The van der Waals surface area contributed by atoms with Gasteiger partial charge in [-0.15, -0.1) is 0 Å². The van der Waals surface area contributed by atoms with Crippen LogP contribution in [0, 0.1) is 0 Å². The maximum Gasteiger partial charge on any atom is 0.119 e. The van der Waals surface area contributed by atoms with Crippen molar-refractivity contribution in [2.24, 2.45) is 4.99 Å². The van der Waals surface area contributed by atoms with Crippen molar-refractivity contribution in [1.82, 2.24) is 4.90 Å². The van der Waals surface area contributed by atoms with E-state index in [9.17, 15) is 3.89 Å². The van der Waals surface area contributed by atoms with E-state index in [1.54, 1.807) is 18.3 Å². The second-order valence-corrected chi connectivity index (χ2v) is 4.31. The Labute approximate surface area is 111 Å². The number of methoxy groups -OCH3 is 1. The molecule has 1 aliphatic heterocycles. The van der Waals surface area contributed by atoms with Gasteiger partial charge in [0.15, 0.2) is 0 Å². The number of benzene rings is 1. The first-order valence-electron chi connectivity index (χ1n) is 5.73. The monoisotopic (exact) mass is 266 g/mol. The predicted molar refractivity (Wildman–Crippen MR) is 74.8 cm³/mol. The number of fused-ring (bicyclic) bond motifs is 1. The van der Waals surface area contributed by atoms with Crippen molar-refractivity contribution in [3.05, 3.63) is 29.8 Å². The van der Waals surface area contributed by atoms with Crippen LogP contribution in [0.4, 0.5) is 9.57 Å². The van der Waals surface area contributed by atoms with Gasteiger partial charge in [0.05, 0.1) is 31.3 Å². The second-order valence-electron chi connectivity index (χ2n) is 3.83. The number of rotatable bonds is 4. The molecule has 0 N–H and O–H groups in total. The normalized spacial score (nSPS) is 15.9. The summed E-state index contributed by atoms with van der Waals surface area (Å²) in [5.41, 5.74) is 2.84. The highest BCUT2D eigenvalue weighted by molar-refractivity contribution is 7.94. The molecule has 5 heteroatoms. The zero-order chi connectivity index (χ0) is 13.0. The van der Waals surface area contributed by atoms with E-state index in [0.29, 0.717) is 0 Å². The maximum absolute atomic E-state index is 12.5. The molecular formula is C13H15FN2OS. The number of halogens is 1. The van der Waals surface area contributed by atoms with Gasteiger partial charge in [0.1, 0.15) is 11.6 Å². The molecule has 3 nitrogen and oxygen atoms in total. The topological polar surface area (TPSA) is 24.8 Å². The first-order chi connectivity index (χ1) is 8.80. The molecular weight excluding hydrogens is 251 g/mol. The fourth-order valence-corrected chi connectivity index (χ4v) is 2.20. The highest BCUT2D eigenvalue weighted by Gasteiger charge is 2.18. The van der Waals surface area contributed by atoms with Crippen LogP contribution >= 0.6 is 12.1 Å². The van der Waals surface area contributed by atoms with Crippen LogP contribution in [0.1, 0.15) is 18.9 Å². The number of aliphatic imine (C=N–C) groups is 1. The summed E-state index contributed by atoms with van der Waals surface area (Å²) < 4.78 is 17.7. The summed E-state index contributed by atoms with van der Waals surface area (Å²) in [5.74, 6) is 1.02. The van der Waals surface area contributed by atoms with Crippen LogP contribution < -0.4 is 4.74 Å². The third-order valence-electron chi connectivity index (χ3n) is 2.71. The van der Waals surface area contributed by atoms with Gasteiger partial charge in [-0.25, -0.2) is 4.99 Å². The quantitative estimate of drug-likeness (QED) is 0.823. The van der Waals surface area contributed by atoms with E-state index >= 15 is 0 Å². The fraction of sp³-hybridized carbons (Fsp3) is 0.308. The molecule has 0 saturated heterocycles. The highest BCUT2D eigenvalue weighted by Crippen LogP contribution is 2.35. The molecule has 0 atom stereocenters. The molecule has 1 aromatic carbocycles. The van der Waals surface area contributed by atoms with Gasteiger partial charge < -0.3 is 9.64 Å². The predicted octanol–water partition coefficient (Wildman–Crippen LogP) is 4.00. The summed E-state index contributed by atoms with van der Waals surface area (Å²) in [6.45, 7) is 2.05. The van der Waals surface area contributed by atoms with E-state index in [2.05, 4.69) is 18.0 Å². The smallest absolute Gasteiger partial charge is 0.119 e. The standard InChI is InChI=1S/C13H15FN2OS/c1-3-4-13-11-7-10(17-2)5-6-12(11)15-8-16(13)9-18-14/h4-8H,3,9H2,1-2H3. The van der Waals surface area contributed by atoms with Crippen LogP contribution in [-0.4, -0.2) is 24.2 Å². The van der Waals surface area contributed by atoms with Gasteiger partial charge in [0.2, 0.25) is 0 Å². The fourth-order valence-electron chi connectivity index (χ4n) is 1.88. The molecule has 0 amide bonds. The molecule has 0 saturated carbocycles. The Morgan fingerprint density at radius 3 is 3.00 bits per heavy atom. The average molecular weight is 266 g/mol. The molecule has 0 unspecified atom stereocenters. The van der Waals surface area contributed by atoms with Crippen molar-refractivity contribution in [2.45, 2.75) is 13.3 Å². The molecule has 0 aromatic heterocycles. The molecule has 18 heavy (non-hydrogen) atoms. The Kier molecular flexibility index (Phi) is 4.25. The van der Waals surface area contributed by atoms with Gasteiger partial charge in [0, 0.05) is 11.3 Å². The van der Waals surface area contributed by atoms with Gasteiger partial charge in [-0.1, -0.05) is 13.0 Å². The molecule has 1 aromatic rings. The van der Waals surface area contributed by atoms with E-state index in [-0.39, 0.29) is 18.0 Å². The zero-order valence-corrected chi connectivity index (χ0v) is 11.2. The lowest BCUT2D eigenvalue weighted by Gasteiger charge is -2.26. The Bertz CT molecular complexity index is 488. The molecule has 1 aliphatic rings. The molecule has 0 bridgehead atoms. The van der Waals surface area contributed by atoms with E-state index in [0.717, 1.165) is 29.1 Å². The molecule has 96 valence electrons. The summed E-state index contributed by atoms with van der Waals surface area (Å²) >= 11 is 0.285. The lowest BCUT2D eigenvalue weighted by Crippen LogP contribution is -2.22. The molecule has 2 rings (SSSR count). The van der Waals surface area contributed by atoms with Crippen LogP contribution in [0.3, 0.4) is 0 Å². The molecule has 0 aliphatic carbocycles. The summed E-state index contributed by atoms with van der Waals surface area (Å²) in [4.78, 5) is 6.13. The minimum absolute atomic E-state index is 0.242. The van der Waals surface area contributed by atoms with Gasteiger partial charge >= 0.3 is 0 Å². The van der Waals surface area contributed by atoms with Gasteiger partial charge in [0.25, 0.3) is 0 Å². The zero-order valence-electron chi connectivity index (χ0n) is 10.4. The van der Waals surface area contributed by atoms with Crippen LogP contribution in [0.25, 0.3) is 5.70 Å². The third-order valence-corrected chi connectivity index (χ3v) is 3.09. The number of allylic oxidation sites excluding steroid dienone is 1. The van der Waals surface area contributed by atoms with E-state index < -0.39 is 0 Å². The first-order valence-corrected chi connectivity index (χ1v) is 6.61. The minimum atomic E-state index is 0.242. The average Bonchev–Trinajstić information content (AvgIpc) is 2.41. The Morgan fingerprint density at radius 1 is 1.50 bits per heavy atom. The van der Waals surface area contributed by atoms with Crippen LogP contribution in [0.2, 0.25) is 0 Å². The van der Waals surface area contributed by atoms with Crippen molar-refractivity contribution in [1.29, 1.82) is 0 Å². The number of hydrogen-bond acceptors (Lipinski definition) is 4. The second kappa shape index (κ2) is 5.91. The SMILES string of the molecule is CCC=C1c2cc(OC)ccc2N=CN1CSF. The maximum atomic E-state index is 12.5. The van der Waals surface area contributed by atoms with Gasteiger partial charge in [-0.05, 0) is 24.6 Å². The van der Waals surface area contributed by atoms with Crippen LogP contribution in [0.5, 0.6) is 5.75 Å². The third kappa shape index (κ3) is 2.51. The van der Waals surface area contributed by atoms with Crippen molar-refractivity contribution in [2.75, 3.05) is 13.0 Å². The van der Waals surface area contributed by atoms with E-state index in [4.69, 9.17) is 4.74 Å². The van der Waals surface area contributed by atoms with Crippen molar-refractivity contribution >= 4 is 29.9 Å². The van der Waals surface area contributed by atoms with Crippen LogP contribution in [-0.2, 0) is 0 Å². The summed E-state index contributed by atoms with van der Waals surface area (Å²) in [7, 11) is 1.63.